The highest BCUT2D eigenvalue weighted by Gasteiger charge is 2.30. The maximum absolute atomic E-state index is 13.3. The normalized spacial score (nSPS) is 15.6. The lowest BCUT2D eigenvalue weighted by molar-refractivity contribution is -0.134. The van der Waals surface area contributed by atoms with Crippen molar-refractivity contribution < 1.29 is 13.9 Å². The van der Waals surface area contributed by atoms with Crippen LogP contribution in [0.1, 0.15) is 16.6 Å². The van der Waals surface area contributed by atoms with Crippen LogP contribution in [0.3, 0.4) is 0 Å². The fourth-order valence-corrected chi connectivity index (χ4v) is 4.30. The van der Waals surface area contributed by atoms with Crippen LogP contribution in [-0.2, 0) is 16.6 Å². The van der Waals surface area contributed by atoms with Crippen molar-refractivity contribution in [2.45, 2.75) is 17.3 Å². The van der Waals surface area contributed by atoms with Crippen LogP contribution in [0.15, 0.2) is 52.2 Å². The number of carbonyl (C=O) groups is 1. The van der Waals surface area contributed by atoms with Crippen LogP contribution in [0.25, 0.3) is 11.4 Å². The van der Waals surface area contributed by atoms with Gasteiger partial charge >= 0.3 is 0 Å². The molecule has 0 saturated carbocycles. The van der Waals surface area contributed by atoms with Crippen molar-refractivity contribution in [1.82, 2.24) is 19.7 Å². The molecule has 0 unspecified atom stereocenters. The molecule has 4 rings (SSSR count). The SMILES string of the molecule is Cc1occc1-c1nnc(S[C@H](C(=O)N2CCOCC2)c2ccccc2)n1C. The van der Waals surface area contributed by atoms with Crippen LogP contribution in [0.4, 0.5) is 0 Å². The maximum atomic E-state index is 13.3. The summed E-state index contributed by atoms with van der Waals surface area (Å²) in [7, 11) is 1.91. The molecule has 1 aliphatic heterocycles. The van der Waals surface area contributed by atoms with Crippen molar-refractivity contribution in [3.8, 4) is 11.4 Å². The Morgan fingerprint density at radius 3 is 2.57 bits per heavy atom. The van der Waals surface area contributed by atoms with E-state index in [-0.39, 0.29) is 11.2 Å². The van der Waals surface area contributed by atoms with Gasteiger partial charge in [-0.1, -0.05) is 42.1 Å². The largest absolute Gasteiger partial charge is 0.469 e. The summed E-state index contributed by atoms with van der Waals surface area (Å²) in [5.74, 6) is 1.58. The highest BCUT2D eigenvalue weighted by molar-refractivity contribution is 8.00. The summed E-state index contributed by atoms with van der Waals surface area (Å²) < 4.78 is 12.7. The molecule has 1 aromatic carbocycles. The third-order valence-corrected chi connectivity index (χ3v) is 6.08. The molecular weight excluding hydrogens is 376 g/mol. The standard InChI is InChI=1S/C20H22N4O3S/c1-14-16(8-11-27-14)18-21-22-20(23(18)2)28-17(15-6-4-3-5-7-15)19(25)24-9-12-26-13-10-24/h3-8,11,17H,9-10,12-13H2,1-2H3/t17-/m0/s1. The number of amides is 1. The number of nitrogens with zero attached hydrogens (tertiary/aromatic N) is 4. The Bertz CT molecular complexity index is 948. The van der Waals surface area contributed by atoms with Gasteiger partial charge in [-0.05, 0) is 18.6 Å². The first kappa shape index (κ1) is 18.8. The van der Waals surface area contributed by atoms with Crippen LogP contribution >= 0.6 is 11.8 Å². The summed E-state index contributed by atoms with van der Waals surface area (Å²) in [6.07, 6.45) is 1.64. The minimum absolute atomic E-state index is 0.0727. The van der Waals surface area contributed by atoms with Crippen LogP contribution in [-0.4, -0.2) is 51.9 Å². The van der Waals surface area contributed by atoms with E-state index in [1.807, 2.05) is 59.8 Å². The third kappa shape index (κ3) is 3.70. The average Bonchev–Trinajstić information content (AvgIpc) is 3.32. The average molecular weight is 398 g/mol. The lowest BCUT2D eigenvalue weighted by Gasteiger charge is -2.30. The highest BCUT2D eigenvalue weighted by atomic mass is 32.2. The second-order valence-corrected chi connectivity index (χ2v) is 7.67. The Hall–Kier alpha value is -2.58. The predicted molar refractivity (Wildman–Crippen MR) is 106 cm³/mol. The number of ether oxygens (including phenoxy) is 1. The molecule has 3 heterocycles. The van der Waals surface area contributed by atoms with E-state index in [4.69, 9.17) is 9.15 Å². The van der Waals surface area contributed by atoms with Crippen molar-refractivity contribution in [3.63, 3.8) is 0 Å². The number of furan rings is 1. The van der Waals surface area contributed by atoms with Crippen molar-refractivity contribution >= 4 is 17.7 Å². The summed E-state index contributed by atoms with van der Waals surface area (Å²) in [6, 6.07) is 11.7. The molecule has 0 N–H and O–H groups in total. The van der Waals surface area contributed by atoms with Crippen molar-refractivity contribution in [3.05, 3.63) is 54.0 Å². The fourth-order valence-electron chi connectivity index (χ4n) is 3.21. The number of hydrogen-bond acceptors (Lipinski definition) is 6. The summed E-state index contributed by atoms with van der Waals surface area (Å²) in [6.45, 7) is 4.27. The van der Waals surface area contributed by atoms with E-state index in [1.165, 1.54) is 11.8 Å². The predicted octanol–water partition coefficient (Wildman–Crippen LogP) is 3.08. The minimum atomic E-state index is -0.388. The molecule has 0 spiro atoms. The summed E-state index contributed by atoms with van der Waals surface area (Å²) in [5.41, 5.74) is 1.85. The van der Waals surface area contributed by atoms with E-state index in [9.17, 15) is 4.79 Å². The Labute approximate surface area is 167 Å². The zero-order valence-corrected chi connectivity index (χ0v) is 16.7. The maximum Gasteiger partial charge on any atom is 0.240 e. The van der Waals surface area contributed by atoms with E-state index in [0.717, 1.165) is 22.7 Å². The molecule has 7 nitrogen and oxygen atoms in total. The lowest BCUT2D eigenvalue weighted by Crippen LogP contribution is -2.42. The number of morpholine rings is 1. The Kier molecular flexibility index (Phi) is 5.50. The van der Waals surface area contributed by atoms with Gasteiger partial charge in [-0.2, -0.15) is 0 Å². The van der Waals surface area contributed by atoms with Crippen molar-refractivity contribution in [2.24, 2.45) is 7.05 Å². The van der Waals surface area contributed by atoms with Crippen LogP contribution < -0.4 is 0 Å². The quantitative estimate of drug-likeness (QED) is 0.615. The first-order chi connectivity index (χ1) is 13.6. The number of thioether (sulfide) groups is 1. The molecule has 28 heavy (non-hydrogen) atoms. The lowest BCUT2D eigenvalue weighted by atomic mass is 10.1. The van der Waals surface area contributed by atoms with Gasteiger partial charge in [0.2, 0.25) is 5.91 Å². The van der Waals surface area contributed by atoms with Gasteiger partial charge in [0.15, 0.2) is 11.0 Å². The summed E-state index contributed by atoms with van der Waals surface area (Å²) in [5, 5.41) is 8.97. The van der Waals surface area contributed by atoms with Gasteiger partial charge in [-0.15, -0.1) is 10.2 Å². The van der Waals surface area contributed by atoms with Crippen LogP contribution in [0, 0.1) is 6.92 Å². The number of aromatic nitrogens is 3. The fraction of sp³-hybridized carbons (Fsp3) is 0.350. The van der Waals surface area contributed by atoms with Gasteiger partial charge in [0.1, 0.15) is 11.0 Å². The number of benzene rings is 1. The zero-order valence-electron chi connectivity index (χ0n) is 15.9. The molecule has 2 aromatic heterocycles. The highest BCUT2D eigenvalue weighted by Crippen LogP contribution is 2.37. The van der Waals surface area contributed by atoms with E-state index >= 15 is 0 Å². The number of hydrogen-bond donors (Lipinski definition) is 0. The summed E-state index contributed by atoms with van der Waals surface area (Å²) >= 11 is 1.42. The van der Waals surface area contributed by atoms with Gasteiger partial charge in [-0.3, -0.25) is 4.79 Å². The monoisotopic (exact) mass is 398 g/mol. The molecule has 1 aliphatic rings. The van der Waals surface area contributed by atoms with Gasteiger partial charge in [0.25, 0.3) is 0 Å². The molecule has 1 amide bonds. The number of rotatable bonds is 5. The van der Waals surface area contributed by atoms with Crippen LogP contribution in [0.2, 0.25) is 0 Å². The molecule has 1 saturated heterocycles. The molecule has 146 valence electrons. The molecule has 1 atom stereocenters. The first-order valence-corrected chi connectivity index (χ1v) is 10.0. The number of aryl methyl sites for hydroxylation is 1. The molecule has 1 fully saturated rings. The van der Waals surface area contributed by atoms with Gasteiger partial charge in [0, 0.05) is 20.1 Å². The van der Waals surface area contributed by atoms with Gasteiger partial charge < -0.3 is 18.6 Å². The van der Waals surface area contributed by atoms with Gasteiger partial charge in [-0.25, -0.2) is 0 Å². The summed E-state index contributed by atoms with van der Waals surface area (Å²) in [4.78, 5) is 15.1. The second-order valence-electron chi connectivity index (χ2n) is 6.60. The molecule has 0 bridgehead atoms. The topological polar surface area (TPSA) is 73.4 Å². The van der Waals surface area contributed by atoms with E-state index < -0.39 is 0 Å². The molecular formula is C20H22N4O3S. The molecule has 0 aliphatic carbocycles. The third-order valence-electron chi connectivity index (χ3n) is 4.81. The van der Waals surface area contributed by atoms with E-state index in [2.05, 4.69) is 10.2 Å². The Morgan fingerprint density at radius 2 is 1.89 bits per heavy atom. The number of carbonyl (C=O) groups excluding carboxylic acids is 1. The van der Waals surface area contributed by atoms with Crippen LogP contribution in [0.5, 0.6) is 0 Å². The van der Waals surface area contributed by atoms with E-state index in [0.29, 0.717) is 31.5 Å². The second kappa shape index (κ2) is 8.20. The van der Waals surface area contributed by atoms with Crippen molar-refractivity contribution in [2.75, 3.05) is 26.3 Å². The molecule has 3 aromatic rings. The Balaban J connectivity index is 1.64. The minimum Gasteiger partial charge on any atom is -0.469 e. The first-order valence-electron chi connectivity index (χ1n) is 9.17. The zero-order chi connectivity index (χ0) is 19.5. The van der Waals surface area contributed by atoms with Crippen molar-refractivity contribution in [1.29, 1.82) is 0 Å². The van der Waals surface area contributed by atoms with E-state index in [1.54, 1.807) is 6.26 Å². The van der Waals surface area contributed by atoms with Gasteiger partial charge in [0.05, 0.1) is 25.0 Å². The molecule has 8 heteroatoms. The smallest absolute Gasteiger partial charge is 0.240 e. The molecule has 0 radical (unpaired) electrons. The Morgan fingerprint density at radius 1 is 1.14 bits per heavy atom.